The van der Waals surface area contributed by atoms with Crippen LogP contribution in [0, 0.1) is 0 Å². The van der Waals surface area contributed by atoms with E-state index in [2.05, 4.69) is 5.32 Å². The molecule has 2 N–H and O–H groups in total. The van der Waals surface area contributed by atoms with Crippen LogP contribution in [0.5, 0.6) is 0 Å². The van der Waals surface area contributed by atoms with Crippen LogP contribution in [0.3, 0.4) is 0 Å². The molecule has 1 amide bonds. The number of nitrogens with zero attached hydrogens (tertiary/aromatic N) is 1. The number of hydrogen-bond donors (Lipinski definition) is 2. The maximum Gasteiger partial charge on any atom is 0.407 e. The molecule has 0 fully saturated rings. The second kappa shape index (κ2) is 4.66. The van der Waals surface area contributed by atoms with Crippen molar-refractivity contribution in [3.63, 3.8) is 0 Å². The minimum atomic E-state index is -0.787. The molecule has 0 aromatic heterocycles. The topological polar surface area (TPSA) is 52.6 Å². The van der Waals surface area contributed by atoms with Gasteiger partial charge < -0.3 is 15.3 Å². The summed E-state index contributed by atoms with van der Waals surface area (Å²) in [5.74, 6) is 0. The van der Waals surface area contributed by atoms with Gasteiger partial charge >= 0.3 is 6.09 Å². The van der Waals surface area contributed by atoms with Crippen LogP contribution in [0.2, 0.25) is 0 Å². The third kappa shape index (κ3) is 2.19. The smallest absolute Gasteiger partial charge is 0.407 e. The summed E-state index contributed by atoms with van der Waals surface area (Å²) in [5, 5.41) is 12.1. The lowest BCUT2D eigenvalue weighted by Crippen LogP contribution is -2.40. The zero-order valence-electron chi connectivity index (χ0n) is 7.95. The van der Waals surface area contributed by atoms with Gasteiger partial charge in [0.1, 0.15) is 0 Å². The maximum atomic E-state index is 10.7. The van der Waals surface area contributed by atoms with Crippen molar-refractivity contribution < 1.29 is 9.90 Å². The fourth-order valence-corrected chi connectivity index (χ4v) is 1.98. The summed E-state index contributed by atoms with van der Waals surface area (Å²) in [6.07, 6.45) is 1.14. The van der Waals surface area contributed by atoms with Gasteiger partial charge in [-0.15, -0.1) is 12.4 Å². The first-order valence-corrected chi connectivity index (χ1v) is 4.66. The molecule has 0 atom stereocenters. The minimum Gasteiger partial charge on any atom is -0.465 e. The van der Waals surface area contributed by atoms with E-state index in [0.29, 0.717) is 13.1 Å². The Hall–Kier alpha value is -0.740. The molecule has 2 rings (SSSR count). The van der Waals surface area contributed by atoms with Crippen molar-refractivity contribution in [3.8, 4) is 0 Å². The van der Waals surface area contributed by atoms with E-state index in [1.807, 2.05) is 0 Å². The highest BCUT2D eigenvalue weighted by Crippen LogP contribution is 2.22. The van der Waals surface area contributed by atoms with Crippen LogP contribution >= 0.6 is 12.4 Å². The van der Waals surface area contributed by atoms with Gasteiger partial charge in [0.15, 0.2) is 0 Å². The number of hydrogen-bond acceptors (Lipinski definition) is 2. The SMILES string of the molecule is Cl.O=C(O)N1CCC2=C(CCNC2)C1. The molecule has 2 aliphatic heterocycles. The Kier molecular flexibility index (Phi) is 3.77. The fraction of sp³-hybridized carbons (Fsp3) is 0.667. The molecule has 0 spiro atoms. The Morgan fingerprint density at radius 1 is 1.36 bits per heavy atom. The van der Waals surface area contributed by atoms with Gasteiger partial charge in [0.05, 0.1) is 0 Å². The lowest BCUT2D eigenvalue weighted by Gasteiger charge is -2.31. The molecule has 5 heteroatoms. The number of rotatable bonds is 0. The van der Waals surface area contributed by atoms with Crippen LogP contribution in [0.4, 0.5) is 4.79 Å². The van der Waals surface area contributed by atoms with E-state index in [-0.39, 0.29) is 12.4 Å². The lowest BCUT2D eigenvalue weighted by molar-refractivity contribution is 0.146. The van der Waals surface area contributed by atoms with Crippen molar-refractivity contribution in [2.45, 2.75) is 12.8 Å². The molecule has 2 heterocycles. The molecule has 0 bridgehead atoms. The van der Waals surface area contributed by atoms with E-state index >= 15 is 0 Å². The lowest BCUT2D eigenvalue weighted by atomic mass is 9.95. The van der Waals surface area contributed by atoms with Crippen molar-refractivity contribution in [3.05, 3.63) is 11.1 Å². The second-order valence-corrected chi connectivity index (χ2v) is 3.59. The van der Waals surface area contributed by atoms with E-state index in [1.54, 1.807) is 0 Å². The summed E-state index contributed by atoms with van der Waals surface area (Å²) in [4.78, 5) is 12.2. The Balaban J connectivity index is 0.000000980. The fourth-order valence-electron chi connectivity index (χ4n) is 1.98. The van der Waals surface area contributed by atoms with Crippen LogP contribution in [0.1, 0.15) is 12.8 Å². The third-order valence-electron chi connectivity index (χ3n) is 2.78. The van der Waals surface area contributed by atoms with Gasteiger partial charge in [0.2, 0.25) is 0 Å². The maximum absolute atomic E-state index is 10.7. The van der Waals surface area contributed by atoms with Gasteiger partial charge in [0, 0.05) is 19.6 Å². The van der Waals surface area contributed by atoms with Crippen LogP contribution in [-0.4, -0.2) is 42.3 Å². The molecule has 80 valence electrons. The Morgan fingerprint density at radius 2 is 2.14 bits per heavy atom. The Labute approximate surface area is 89.4 Å². The number of halogens is 1. The number of nitrogens with one attached hydrogen (secondary N) is 1. The first-order valence-electron chi connectivity index (χ1n) is 4.66. The summed E-state index contributed by atoms with van der Waals surface area (Å²) in [5.41, 5.74) is 2.77. The largest absolute Gasteiger partial charge is 0.465 e. The number of amides is 1. The van der Waals surface area contributed by atoms with E-state index in [4.69, 9.17) is 5.11 Å². The Morgan fingerprint density at radius 3 is 2.86 bits per heavy atom. The molecule has 14 heavy (non-hydrogen) atoms. The third-order valence-corrected chi connectivity index (χ3v) is 2.78. The Bertz CT molecular complexity index is 266. The van der Waals surface area contributed by atoms with E-state index < -0.39 is 6.09 Å². The van der Waals surface area contributed by atoms with Gasteiger partial charge in [-0.1, -0.05) is 5.57 Å². The summed E-state index contributed by atoms with van der Waals surface area (Å²) >= 11 is 0. The van der Waals surface area contributed by atoms with E-state index in [0.717, 1.165) is 25.9 Å². The van der Waals surface area contributed by atoms with E-state index in [9.17, 15) is 4.79 Å². The quantitative estimate of drug-likeness (QED) is 0.599. The molecule has 0 saturated heterocycles. The predicted octanol–water partition coefficient (Wildman–Crippen LogP) is 1.08. The average Bonchev–Trinajstić information content (AvgIpc) is 2.17. The first-order chi connectivity index (χ1) is 6.27. The highest BCUT2D eigenvalue weighted by Gasteiger charge is 2.23. The minimum absolute atomic E-state index is 0. The van der Waals surface area contributed by atoms with E-state index in [1.165, 1.54) is 16.0 Å². The van der Waals surface area contributed by atoms with Crippen molar-refractivity contribution in [2.24, 2.45) is 0 Å². The van der Waals surface area contributed by atoms with Gasteiger partial charge in [-0.2, -0.15) is 0 Å². The summed E-state index contributed by atoms with van der Waals surface area (Å²) in [6.45, 7) is 3.25. The van der Waals surface area contributed by atoms with Gasteiger partial charge in [-0.25, -0.2) is 4.79 Å². The van der Waals surface area contributed by atoms with Crippen molar-refractivity contribution in [2.75, 3.05) is 26.2 Å². The molecular weight excluding hydrogens is 204 g/mol. The summed E-state index contributed by atoms with van der Waals surface area (Å²) < 4.78 is 0. The van der Waals surface area contributed by atoms with Crippen LogP contribution in [0.25, 0.3) is 0 Å². The molecule has 4 nitrogen and oxygen atoms in total. The standard InChI is InChI=1S/C9H14N2O2.ClH/c12-9(13)11-4-2-7-5-10-3-1-8(7)6-11;/h10H,1-6H2,(H,12,13);1H. The van der Waals surface area contributed by atoms with Crippen LogP contribution in [0.15, 0.2) is 11.1 Å². The predicted molar refractivity (Wildman–Crippen MR) is 56.0 cm³/mol. The molecule has 0 unspecified atom stereocenters. The molecular formula is C9H15ClN2O2. The second-order valence-electron chi connectivity index (χ2n) is 3.59. The van der Waals surface area contributed by atoms with Gasteiger partial charge in [-0.05, 0) is 25.0 Å². The highest BCUT2D eigenvalue weighted by atomic mass is 35.5. The average molecular weight is 219 g/mol. The highest BCUT2D eigenvalue weighted by molar-refractivity contribution is 5.85. The molecule has 2 aliphatic rings. The molecule has 0 saturated carbocycles. The molecule has 0 aromatic rings. The molecule has 0 aromatic carbocycles. The van der Waals surface area contributed by atoms with Crippen molar-refractivity contribution in [1.29, 1.82) is 0 Å². The summed E-state index contributed by atoms with van der Waals surface area (Å²) in [6, 6.07) is 0. The number of carbonyl (C=O) groups is 1. The van der Waals surface area contributed by atoms with Gasteiger partial charge in [-0.3, -0.25) is 0 Å². The van der Waals surface area contributed by atoms with Crippen molar-refractivity contribution >= 4 is 18.5 Å². The van der Waals surface area contributed by atoms with Crippen LogP contribution in [-0.2, 0) is 0 Å². The van der Waals surface area contributed by atoms with Crippen LogP contribution < -0.4 is 5.32 Å². The zero-order chi connectivity index (χ0) is 9.26. The zero-order valence-corrected chi connectivity index (χ0v) is 8.77. The molecule has 0 radical (unpaired) electrons. The van der Waals surface area contributed by atoms with Crippen molar-refractivity contribution in [1.82, 2.24) is 10.2 Å². The number of carboxylic acid groups (broad SMARTS) is 1. The first kappa shape index (κ1) is 11.3. The summed E-state index contributed by atoms with van der Waals surface area (Å²) in [7, 11) is 0. The van der Waals surface area contributed by atoms with Gasteiger partial charge in [0.25, 0.3) is 0 Å². The normalized spacial score (nSPS) is 21.3. The monoisotopic (exact) mass is 218 g/mol. The molecule has 0 aliphatic carbocycles.